The fourth-order valence-corrected chi connectivity index (χ4v) is 4.42. The number of pyridine rings is 1. The summed E-state index contributed by atoms with van der Waals surface area (Å²) in [7, 11) is 0. The van der Waals surface area contributed by atoms with Crippen molar-refractivity contribution in [3.05, 3.63) is 42.1 Å². The van der Waals surface area contributed by atoms with Crippen molar-refractivity contribution in [3.63, 3.8) is 0 Å². The third-order valence-corrected chi connectivity index (χ3v) is 5.42. The molecule has 0 aliphatic carbocycles. The topological polar surface area (TPSA) is 33.1 Å². The second-order valence-corrected chi connectivity index (χ2v) is 7.23. The average Bonchev–Trinajstić information content (AvgIpc) is 2.36. The quantitative estimate of drug-likeness (QED) is 0.862. The minimum Gasteiger partial charge on any atom is -0.384 e. The zero-order chi connectivity index (χ0) is 13.5. The zero-order valence-corrected chi connectivity index (χ0v) is 12.2. The van der Waals surface area contributed by atoms with E-state index in [2.05, 4.69) is 24.9 Å². The van der Waals surface area contributed by atoms with Crippen LogP contribution in [0.5, 0.6) is 0 Å². The molecule has 1 unspecified atom stereocenters. The summed E-state index contributed by atoms with van der Waals surface area (Å²) in [5, 5.41) is 12.2. The molecule has 3 heteroatoms. The Labute approximate surface area is 118 Å². The maximum atomic E-state index is 11.1. The lowest BCUT2D eigenvalue weighted by Crippen LogP contribution is -2.40. The van der Waals surface area contributed by atoms with Gasteiger partial charge < -0.3 is 5.11 Å². The van der Waals surface area contributed by atoms with Crippen molar-refractivity contribution in [1.82, 2.24) is 4.98 Å². The molecular weight excluding hydrogens is 254 g/mol. The number of aromatic nitrogens is 1. The van der Waals surface area contributed by atoms with Crippen LogP contribution < -0.4 is 0 Å². The van der Waals surface area contributed by atoms with Crippen LogP contribution in [0, 0.1) is 5.41 Å². The summed E-state index contributed by atoms with van der Waals surface area (Å²) in [4.78, 5) is 4.39. The third kappa shape index (κ3) is 2.37. The highest BCUT2D eigenvalue weighted by Gasteiger charge is 2.40. The molecule has 1 N–H and O–H groups in total. The first kappa shape index (κ1) is 12.9. The second-order valence-electron chi connectivity index (χ2n) is 6.24. The Bertz CT molecular complexity index is 605. The van der Waals surface area contributed by atoms with E-state index in [0.717, 1.165) is 34.4 Å². The standard InChI is InChI=1S/C16H19NOS/c1-15(2)9-16(18,11-19-10-15)13-6-3-7-14-12(13)5-4-8-17-14/h3-8,18H,9-11H2,1-2H3. The highest BCUT2D eigenvalue weighted by atomic mass is 32.2. The number of nitrogens with zero attached hydrogens (tertiary/aromatic N) is 1. The van der Waals surface area contributed by atoms with E-state index in [9.17, 15) is 5.11 Å². The molecule has 1 aromatic carbocycles. The van der Waals surface area contributed by atoms with Crippen LogP contribution >= 0.6 is 11.8 Å². The maximum Gasteiger partial charge on any atom is 0.0998 e. The van der Waals surface area contributed by atoms with Gasteiger partial charge in [0.25, 0.3) is 0 Å². The molecule has 2 nitrogen and oxygen atoms in total. The fourth-order valence-electron chi connectivity index (χ4n) is 3.07. The highest BCUT2D eigenvalue weighted by molar-refractivity contribution is 7.99. The smallest absolute Gasteiger partial charge is 0.0998 e. The Balaban J connectivity index is 2.13. The van der Waals surface area contributed by atoms with Crippen molar-refractivity contribution >= 4 is 22.7 Å². The molecule has 1 fully saturated rings. The van der Waals surface area contributed by atoms with E-state index in [0.29, 0.717) is 0 Å². The van der Waals surface area contributed by atoms with E-state index in [4.69, 9.17) is 0 Å². The van der Waals surface area contributed by atoms with Gasteiger partial charge in [-0.25, -0.2) is 0 Å². The molecule has 0 spiro atoms. The molecule has 0 saturated carbocycles. The van der Waals surface area contributed by atoms with Crippen LogP contribution in [-0.2, 0) is 5.60 Å². The molecule has 1 atom stereocenters. The van der Waals surface area contributed by atoms with Gasteiger partial charge in [0, 0.05) is 17.3 Å². The summed E-state index contributed by atoms with van der Waals surface area (Å²) in [5.41, 5.74) is 1.41. The molecule has 1 aliphatic rings. The number of hydrogen-bond donors (Lipinski definition) is 1. The monoisotopic (exact) mass is 273 g/mol. The lowest BCUT2D eigenvalue weighted by atomic mass is 9.77. The van der Waals surface area contributed by atoms with E-state index in [1.54, 1.807) is 6.20 Å². The average molecular weight is 273 g/mol. The number of hydrogen-bond acceptors (Lipinski definition) is 3. The molecule has 3 rings (SSSR count). The van der Waals surface area contributed by atoms with Crippen LogP contribution in [0.4, 0.5) is 0 Å². The summed E-state index contributed by atoms with van der Waals surface area (Å²) in [5.74, 6) is 1.88. The van der Waals surface area contributed by atoms with Crippen molar-refractivity contribution in [2.75, 3.05) is 11.5 Å². The van der Waals surface area contributed by atoms with Crippen LogP contribution in [0.25, 0.3) is 10.9 Å². The summed E-state index contributed by atoms with van der Waals surface area (Å²) >= 11 is 1.84. The molecule has 19 heavy (non-hydrogen) atoms. The van der Waals surface area contributed by atoms with Crippen LogP contribution in [0.3, 0.4) is 0 Å². The van der Waals surface area contributed by atoms with E-state index in [-0.39, 0.29) is 5.41 Å². The van der Waals surface area contributed by atoms with Gasteiger partial charge in [0.05, 0.1) is 11.1 Å². The molecule has 2 aromatic rings. The van der Waals surface area contributed by atoms with Gasteiger partial charge in [-0.1, -0.05) is 32.0 Å². The van der Waals surface area contributed by atoms with Crippen molar-refractivity contribution in [3.8, 4) is 0 Å². The zero-order valence-electron chi connectivity index (χ0n) is 11.4. The number of aliphatic hydroxyl groups is 1. The fraction of sp³-hybridized carbons (Fsp3) is 0.438. The summed E-state index contributed by atoms with van der Waals surface area (Å²) in [6.07, 6.45) is 2.61. The molecule has 1 aliphatic heterocycles. The SMILES string of the molecule is CC1(C)CSCC(O)(c2cccc3ncccc23)C1. The van der Waals surface area contributed by atoms with Crippen LogP contribution in [0.15, 0.2) is 36.5 Å². The summed E-state index contributed by atoms with van der Waals surface area (Å²) in [6, 6.07) is 10.0. The van der Waals surface area contributed by atoms with E-state index in [1.165, 1.54) is 0 Å². The first-order chi connectivity index (χ1) is 9.00. The molecule has 0 radical (unpaired) electrons. The lowest BCUT2D eigenvalue weighted by Gasteiger charge is -2.41. The summed E-state index contributed by atoms with van der Waals surface area (Å²) in [6.45, 7) is 4.46. The van der Waals surface area contributed by atoms with E-state index in [1.807, 2.05) is 36.0 Å². The number of thioether (sulfide) groups is 1. The Morgan fingerprint density at radius 1 is 1.16 bits per heavy atom. The number of benzene rings is 1. The Morgan fingerprint density at radius 2 is 2.00 bits per heavy atom. The van der Waals surface area contributed by atoms with Crippen molar-refractivity contribution in [2.45, 2.75) is 25.9 Å². The van der Waals surface area contributed by atoms with E-state index >= 15 is 0 Å². The molecule has 1 saturated heterocycles. The van der Waals surface area contributed by atoms with Crippen LogP contribution in [0.2, 0.25) is 0 Å². The molecule has 1 aromatic heterocycles. The first-order valence-corrected chi connectivity index (χ1v) is 7.80. The highest BCUT2D eigenvalue weighted by Crippen LogP contribution is 2.45. The van der Waals surface area contributed by atoms with Gasteiger partial charge in [-0.15, -0.1) is 0 Å². The molecule has 0 bridgehead atoms. The summed E-state index contributed by atoms with van der Waals surface area (Å²) < 4.78 is 0. The molecule has 100 valence electrons. The van der Waals surface area contributed by atoms with Gasteiger partial charge in [-0.3, -0.25) is 4.98 Å². The van der Waals surface area contributed by atoms with Crippen LogP contribution in [0.1, 0.15) is 25.8 Å². The molecule has 2 heterocycles. The minimum atomic E-state index is -0.741. The Kier molecular flexibility index (Phi) is 3.06. The minimum absolute atomic E-state index is 0.169. The molecular formula is C16H19NOS. The number of rotatable bonds is 1. The normalized spacial score (nSPS) is 26.5. The largest absolute Gasteiger partial charge is 0.384 e. The van der Waals surface area contributed by atoms with Gasteiger partial charge in [-0.2, -0.15) is 11.8 Å². The van der Waals surface area contributed by atoms with Gasteiger partial charge in [0.2, 0.25) is 0 Å². The third-order valence-electron chi connectivity index (χ3n) is 3.75. The van der Waals surface area contributed by atoms with Crippen molar-refractivity contribution in [1.29, 1.82) is 0 Å². The predicted octanol–water partition coefficient (Wildman–Crippen LogP) is 3.59. The Morgan fingerprint density at radius 3 is 2.79 bits per heavy atom. The van der Waals surface area contributed by atoms with E-state index < -0.39 is 5.60 Å². The lowest BCUT2D eigenvalue weighted by molar-refractivity contribution is 0.0170. The first-order valence-electron chi connectivity index (χ1n) is 6.65. The maximum absolute atomic E-state index is 11.1. The van der Waals surface area contributed by atoms with Crippen molar-refractivity contribution in [2.24, 2.45) is 5.41 Å². The van der Waals surface area contributed by atoms with Gasteiger partial charge >= 0.3 is 0 Å². The van der Waals surface area contributed by atoms with Crippen molar-refractivity contribution < 1.29 is 5.11 Å². The second kappa shape index (κ2) is 4.50. The Hall–Kier alpha value is -1.06. The predicted molar refractivity (Wildman–Crippen MR) is 81.4 cm³/mol. The molecule has 0 amide bonds. The van der Waals surface area contributed by atoms with Gasteiger partial charge in [-0.05, 0) is 35.3 Å². The van der Waals surface area contributed by atoms with Gasteiger partial charge in [0.15, 0.2) is 0 Å². The number of fused-ring (bicyclic) bond motifs is 1. The van der Waals surface area contributed by atoms with Gasteiger partial charge in [0.1, 0.15) is 0 Å². The van der Waals surface area contributed by atoms with Crippen LogP contribution in [-0.4, -0.2) is 21.6 Å².